The quantitative estimate of drug-likeness (QED) is 0.214. The molecule has 0 atom stereocenters. The van der Waals surface area contributed by atoms with E-state index in [9.17, 15) is 4.79 Å². The van der Waals surface area contributed by atoms with Crippen LogP contribution in [-0.4, -0.2) is 12.1 Å². The molecule has 0 bridgehead atoms. The van der Waals surface area contributed by atoms with Crippen LogP contribution in [0.1, 0.15) is 21.7 Å². The first kappa shape index (κ1) is 20.9. The summed E-state index contributed by atoms with van der Waals surface area (Å²) in [6, 6.07) is 21.9. The van der Waals surface area contributed by atoms with E-state index in [1.807, 2.05) is 36.4 Å². The summed E-state index contributed by atoms with van der Waals surface area (Å²) < 4.78 is 7.32. The molecule has 0 unspecified atom stereocenters. The van der Waals surface area contributed by atoms with E-state index in [-0.39, 0.29) is 5.76 Å². The lowest BCUT2D eigenvalue weighted by Crippen LogP contribution is -2.16. The van der Waals surface area contributed by atoms with E-state index in [4.69, 9.17) is 4.42 Å². The van der Waals surface area contributed by atoms with Crippen LogP contribution in [0.25, 0.3) is 11.0 Å². The molecule has 4 aromatic rings. The zero-order chi connectivity index (χ0) is 21.1. The smallest absolute Gasteiger partial charge is 0.307 e. The monoisotopic (exact) mass is 542 g/mol. The summed E-state index contributed by atoms with van der Waals surface area (Å²) in [5.74, 6) is -0.206. The molecular formula is C23H16Br2N2O2S. The predicted octanol–water partition coefficient (Wildman–Crippen LogP) is 7.18. The van der Waals surface area contributed by atoms with Gasteiger partial charge in [-0.2, -0.15) is 5.10 Å². The number of hydrazone groups is 1. The van der Waals surface area contributed by atoms with Gasteiger partial charge in [0, 0.05) is 19.6 Å². The second kappa shape index (κ2) is 9.20. The van der Waals surface area contributed by atoms with Crippen molar-refractivity contribution in [2.24, 2.45) is 5.10 Å². The first-order chi connectivity index (χ1) is 14.5. The molecule has 0 saturated heterocycles. The van der Waals surface area contributed by atoms with E-state index in [1.165, 1.54) is 10.5 Å². The van der Waals surface area contributed by atoms with Crippen LogP contribution in [0.3, 0.4) is 0 Å². The average Bonchev–Trinajstić information content (AvgIpc) is 3.15. The number of nitrogens with one attached hydrogen (secondary N) is 1. The zero-order valence-corrected chi connectivity index (χ0v) is 19.8. The van der Waals surface area contributed by atoms with Crippen LogP contribution in [0.15, 0.2) is 95.0 Å². The van der Waals surface area contributed by atoms with Crippen molar-refractivity contribution in [2.45, 2.75) is 16.7 Å². The van der Waals surface area contributed by atoms with Crippen LogP contribution in [0.2, 0.25) is 0 Å². The Labute approximate surface area is 195 Å². The Balaban J connectivity index is 1.38. The summed E-state index contributed by atoms with van der Waals surface area (Å²) in [6.07, 6.45) is 1.60. The van der Waals surface area contributed by atoms with Crippen LogP contribution >= 0.6 is 43.6 Å². The Morgan fingerprint density at radius 1 is 1.00 bits per heavy atom. The molecule has 0 spiro atoms. The molecule has 0 saturated carbocycles. The highest BCUT2D eigenvalue weighted by atomic mass is 79.9. The lowest BCUT2D eigenvalue weighted by Gasteiger charge is -2.02. The molecule has 3 aromatic carbocycles. The third-order valence-electron chi connectivity index (χ3n) is 4.28. The van der Waals surface area contributed by atoms with Crippen molar-refractivity contribution in [3.05, 3.63) is 92.6 Å². The highest BCUT2D eigenvalue weighted by molar-refractivity contribution is 9.11. The fourth-order valence-electron chi connectivity index (χ4n) is 2.77. The lowest BCUT2D eigenvalue weighted by atomic mass is 10.2. The fraction of sp³-hybridized carbons (Fsp3) is 0.0435. The van der Waals surface area contributed by atoms with Crippen molar-refractivity contribution in [3.8, 4) is 0 Å². The second-order valence-electron chi connectivity index (χ2n) is 6.60. The van der Waals surface area contributed by atoms with Gasteiger partial charge in [0.15, 0.2) is 5.76 Å². The van der Waals surface area contributed by atoms with Gasteiger partial charge in [0.05, 0.1) is 10.7 Å². The Bertz CT molecular complexity index is 1230. The topological polar surface area (TPSA) is 54.6 Å². The van der Waals surface area contributed by atoms with Gasteiger partial charge in [-0.25, -0.2) is 5.43 Å². The van der Waals surface area contributed by atoms with E-state index < -0.39 is 5.91 Å². The van der Waals surface area contributed by atoms with Crippen LogP contribution in [0.5, 0.6) is 0 Å². The Hall–Kier alpha value is -2.35. The molecule has 150 valence electrons. The summed E-state index contributed by atoms with van der Waals surface area (Å²) in [5, 5.41) is 4.87. The van der Waals surface area contributed by atoms with Crippen LogP contribution < -0.4 is 5.43 Å². The van der Waals surface area contributed by atoms with Gasteiger partial charge < -0.3 is 4.42 Å². The largest absolute Gasteiger partial charge is 0.450 e. The Morgan fingerprint density at radius 2 is 1.67 bits per heavy atom. The van der Waals surface area contributed by atoms with Crippen LogP contribution in [0.4, 0.5) is 0 Å². The van der Waals surface area contributed by atoms with Gasteiger partial charge in [-0.1, -0.05) is 57.5 Å². The number of benzene rings is 3. The standard InChI is InChI=1S/C23H16Br2N2O2S/c1-14-2-6-18(7-3-14)30-19-8-4-15(5-9-19)13-26-27-23(28)21-11-16-10-17(24)12-20(25)22(16)29-21/h2-13H,1H3,(H,27,28)/b26-13-. The highest BCUT2D eigenvalue weighted by Gasteiger charge is 2.14. The molecule has 0 fully saturated rings. The van der Waals surface area contributed by atoms with E-state index in [1.54, 1.807) is 24.0 Å². The number of rotatable bonds is 5. The van der Waals surface area contributed by atoms with E-state index >= 15 is 0 Å². The number of hydrogen-bond acceptors (Lipinski definition) is 4. The lowest BCUT2D eigenvalue weighted by molar-refractivity contribution is 0.0929. The van der Waals surface area contributed by atoms with Gasteiger partial charge in [0.1, 0.15) is 5.58 Å². The third-order valence-corrected chi connectivity index (χ3v) is 6.34. The van der Waals surface area contributed by atoms with Crippen molar-refractivity contribution in [1.29, 1.82) is 0 Å². The first-order valence-electron chi connectivity index (χ1n) is 9.04. The number of carbonyl (C=O) groups is 1. The van der Waals surface area contributed by atoms with E-state index in [0.717, 1.165) is 24.8 Å². The van der Waals surface area contributed by atoms with Gasteiger partial charge in [-0.05, 0) is 70.9 Å². The maximum atomic E-state index is 12.3. The molecule has 0 aliphatic heterocycles. The van der Waals surface area contributed by atoms with Crippen molar-refractivity contribution in [3.63, 3.8) is 0 Å². The summed E-state index contributed by atoms with van der Waals surface area (Å²) in [4.78, 5) is 14.7. The maximum absolute atomic E-state index is 12.3. The minimum atomic E-state index is -0.406. The minimum absolute atomic E-state index is 0.200. The Morgan fingerprint density at radius 3 is 2.37 bits per heavy atom. The molecule has 1 aromatic heterocycles. The number of hydrogen-bond donors (Lipinski definition) is 1. The molecule has 0 aliphatic rings. The van der Waals surface area contributed by atoms with Crippen LogP contribution in [-0.2, 0) is 0 Å². The number of fused-ring (bicyclic) bond motifs is 1. The molecule has 0 radical (unpaired) electrons. The summed E-state index contributed by atoms with van der Waals surface area (Å²) in [6.45, 7) is 2.08. The fourth-order valence-corrected chi connectivity index (χ4v) is 4.93. The second-order valence-corrected chi connectivity index (χ2v) is 9.52. The number of halogens is 2. The van der Waals surface area contributed by atoms with Gasteiger partial charge in [0.25, 0.3) is 0 Å². The Kier molecular flexibility index (Phi) is 6.41. The molecular weight excluding hydrogens is 528 g/mol. The molecule has 30 heavy (non-hydrogen) atoms. The molecule has 4 rings (SSSR count). The number of furan rings is 1. The van der Waals surface area contributed by atoms with Gasteiger partial charge in [0.2, 0.25) is 0 Å². The van der Waals surface area contributed by atoms with Gasteiger partial charge in [-0.3, -0.25) is 4.79 Å². The summed E-state index contributed by atoms with van der Waals surface area (Å²) in [5.41, 5.74) is 5.26. The van der Waals surface area contributed by atoms with E-state index in [2.05, 4.69) is 73.6 Å². The minimum Gasteiger partial charge on any atom is -0.450 e. The van der Waals surface area contributed by atoms with Crippen LogP contribution in [0, 0.1) is 6.92 Å². The average molecular weight is 544 g/mol. The molecule has 1 amide bonds. The number of nitrogens with zero attached hydrogens (tertiary/aromatic N) is 1. The zero-order valence-electron chi connectivity index (χ0n) is 15.9. The van der Waals surface area contributed by atoms with Crippen molar-refractivity contribution >= 4 is 66.7 Å². The molecule has 0 aliphatic carbocycles. The van der Waals surface area contributed by atoms with Crippen molar-refractivity contribution in [1.82, 2.24) is 5.43 Å². The summed E-state index contributed by atoms with van der Waals surface area (Å²) >= 11 is 8.56. The first-order valence-corrected chi connectivity index (χ1v) is 11.4. The third kappa shape index (κ3) is 5.03. The number of aryl methyl sites for hydroxylation is 1. The van der Waals surface area contributed by atoms with Gasteiger partial charge >= 0.3 is 5.91 Å². The molecule has 1 N–H and O–H groups in total. The molecule has 4 nitrogen and oxygen atoms in total. The van der Waals surface area contributed by atoms with Crippen molar-refractivity contribution in [2.75, 3.05) is 0 Å². The molecule has 7 heteroatoms. The summed E-state index contributed by atoms with van der Waals surface area (Å²) in [7, 11) is 0. The molecule has 1 heterocycles. The van der Waals surface area contributed by atoms with E-state index in [0.29, 0.717) is 5.58 Å². The predicted molar refractivity (Wildman–Crippen MR) is 128 cm³/mol. The van der Waals surface area contributed by atoms with Gasteiger partial charge in [-0.15, -0.1) is 0 Å². The maximum Gasteiger partial charge on any atom is 0.307 e. The highest BCUT2D eigenvalue weighted by Crippen LogP contribution is 2.31. The number of carbonyl (C=O) groups excluding carboxylic acids is 1. The SMILES string of the molecule is Cc1ccc(Sc2ccc(/C=N\NC(=O)c3cc4cc(Br)cc(Br)c4o3)cc2)cc1. The number of amides is 1. The normalized spacial score (nSPS) is 11.3. The van der Waals surface area contributed by atoms with Crippen molar-refractivity contribution < 1.29 is 9.21 Å².